The molecule has 3 nitrogen and oxygen atoms in total. The SMILES string of the molecule is CCNC1CCC(N2CCCC(OC)C2)CC1. The van der Waals surface area contributed by atoms with E-state index in [4.69, 9.17) is 4.74 Å². The van der Waals surface area contributed by atoms with Gasteiger partial charge in [0.25, 0.3) is 0 Å². The molecule has 1 unspecified atom stereocenters. The number of nitrogens with zero attached hydrogens (tertiary/aromatic N) is 1. The van der Waals surface area contributed by atoms with Gasteiger partial charge in [0.05, 0.1) is 6.10 Å². The second-order valence-corrected chi connectivity index (χ2v) is 5.56. The fraction of sp³-hybridized carbons (Fsp3) is 1.00. The first-order valence-corrected chi connectivity index (χ1v) is 7.33. The van der Waals surface area contributed by atoms with Gasteiger partial charge in [0.2, 0.25) is 0 Å². The molecule has 3 heteroatoms. The molecule has 0 aromatic rings. The third-order valence-electron chi connectivity index (χ3n) is 4.45. The zero-order valence-electron chi connectivity index (χ0n) is 11.5. The van der Waals surface area contributed by atoms with E-state index in [1.165, 1.54) is 45.1 Å². The highest BCUT2D eigenvalue weighted by atomic mass is 16.5. The number of hydrogen-bond acceptors (Lipinski definition) is 3. The Morgan fingerprint density at radius 1 is 1.18 bits per heavy atom. The molecule has 0 aromatic carbocycles. The molecule has 0 amide bonds. The normalized spacial score (nSPS) is 36.0. The van der Waals surface area contributed by atoms with Crippen LogP contribution in [0.25, 0.3) is 0 Å². The predicted octanol–water partition coefficient (Wildman–Crippen LogP) is 2.02. The maximum atomic E-state index is 5.52. The summed E-state index contributed by atoms with van der Waals surface area (Å²) in [4.78, 5) is 2.68. The van der Waals surface area contributed by atoms with Gasteiger partial charge in [-0.1, -0.05) is 6.92 Å². The first kappa shape index (κ1) is 13.3. The van der Waals surface area contributed by atoms with E-state index in [1.807, 2.05) is 7.11 Å². The third-order valence-corrected chi connectivity index (χ3v) is 4.45. The molecule has 0 spiro atoms. The highest BCUT2D eigenvalue weighted by molar-refractivity contribution is 4.85. The van der Waals surface area contributed by atoms with E-state index in [9.17, 15) is 0 Å². The van der Waals surface area contributed by atoms with Gasteiger partial charge < -0.3 is 10.1 Å². The molecule has 2 rings (SSSR count). The minimum absolute atomic E-state index is 0.482. The molecule has 0 bridgehead atoms. The predicted molar refractivity (Wildman–Crippen MR) is 71.3 cm³/mol. The summed E-state index contributed by atoms with van der Waals surface area (Å²) in [5, 5.41) is 3.58. The molecule has 1 saturated heterocycles. The number of piperidine rings is 1. The monoisotopic (exact) mass is 240 g/mol. The lowest BCUT2D eigenvalue weighted by molar-refractivity contribution is 0.00607. The molecular weight excluding hydrogens is 212 g/mol. The number of methoxy groups -OCH3 is 1. The Balaban J connectivity index is 1.76. The Hall–Kier alpha value is -0.120. The standard InChI is InChI=1S/C14H28N2O/c1-3-15-12-6-8-13(9-7-12)16-10-4-5-14(11-16)17-2/h12-15H,3-11H2,1-2H3. The summed E-state index contributed by atoms with van der Waals surface area (Å²) >= 11 is 0. The average Bonchev–Trinajstić information content (AvgIpc) is 2.40. The molecule has 1 aliphatic heterocycles. The van der Waals surface area contributed by atoms with Gasteiger partial charge in [-0.25, -0.2) is 0 Å². The smallest absolute Gasteiger partial charge is 0.0698 e. The molecule has 1 aliphatic carbocycles. The average molecular weight is 240 g/mol. The number of rotatable bonds is 4. The van der Waals surface area contributed by atoms with Crippen molar-refractivity contribution in [2.45, 2.75) is 63.6 Å². The second kappa shape index (κ2) is 6.72. The van der Waals surface area contributed by atoms with Crippen molar-refractivity contribution >= 4 is 0 Å². The van der Waals surface area contributed by atoms with Crippen LogP contribution in [0.5, 0.6) is 0 Å². The Labute approximate surface area is 106 Å². The lowest BCUT2D eigenvalue weighted by Gasteiger charge is -2.41. The Kier molecular flexibility index (Phi) is 5.26. The number of nitrogens with one attached hydrogen (secondary N) is 1. The second-order valence-electron chi connectivity index (χ2n) is 5.56. The minimum atomic E-state index is 0.482. The largest absolute Gasteiger partial charge is 0.380 e. The lowest BCUT2D eigenvalue weighted by Crippen LogP contribution is -2.48. The highest BCUT2D eigenvalue weighted by Crippen LogP contribution is 2.26. The van der Waals surface area contributed by atoms with Crippen LogP contribution in [0.15, 0.2) is 0 Å². The van der Waals surface area contributed by atoms with Crippen LogP contribution in [0.4, 0.5) is 0 Å². The van der Waals surface area contributed by atoms with Crippen molar-refractivity contribution in [2.75, 3.05) is 26.7 Å². The van der Waals surface area contributed by atoms with Crippen LogP contribution in [0, 0.1) is 0 Å². The molecular formula is C14H28N2O. The van der Waals surface area contributed by atoms with Crippen molar-refractivity contribution in [1.82, 2.24) is 10.2 Å². The number of likely N-dealkylation sites (tertiary alicyclic amines) is 1. The van der Waals surface area contributed by atoms with Crippen LogP contribution in [0.3, 0.4) is 0 Å². The number of hydrogen-bond donors (Lipinski definition) is 1. The summed E-state index contributed by atoms with van der Waals surface area (Å²) in [5.41, 5.74) is 0. The Morgan fingerprint density at radius 3 is 2.59 bits per heavy atom. The fourth-order valence-electron chi connectivity index (χ4n) is 3.42. The molecule has 1 atom stereocenters. The van der Waals surface area contributed by atoms with Crippen molar-refractivity contribution in [3.63, 3.8) is 0 Å². The van der Waals surface area contributed by atoms with Gasteiger partial charge in [-0.2, -0.15) is 0 Å². The maximum Gasteiger partial charge on any atom is 0.0698 e. The van der Waals surface area contributed by atoms with E-state index in [1.54, 1.807) is 0 Å². The molecule has 1 heterocycles. The van der Waals surface area contributed by atoms with Crippen molar-refractivity contribution < 1.29 is 4.74 Å². The fourth-order valence-corrected chi connectivity index (χ4v) is 3.42. The Bertz CT molecular complexity index is 214. The molecule has 1 N–H and O–H groups in total. The molecule has 2 fully saturated rings. The zero-order valence-corrected chi connectivity index (χ0v) is 11.5. The van der Waals surface area contributed by atoms with Gasteiger partial charge >= 0.3 is 0 Å². The minimum Gasteiger partial charge on any atom is -0.380 e. The summed E-state index contributed by atoms with van der Waals surface area (Å²) in [7, 11) is 1.86. The van der Waals surface area contributed by atoms with E-state index < -0.39 is 0 Å². The van der Waals surface area contributed by atoms with Gasteiger partial charge in [0.15, 0.2) is 0 Å². The van der Waals surface area contributed by atoms with Gasteiger partial charge in [-0.15, -0.1) is 0 Å². The summed E-state index contributed by atoms with van der Waals surface area (Å²) in [6.07, 6.45) is 8.49. The first-order chi connectivity index (χ1) is 8.33. The lowest BCUT2D eigenvalue weighted by atomic mass is 9.89. The summed E-state index contributed by atoms with van der Waals surface area (Å²) in [6, 6.07) is 1.60. The summed E-state index contributed by atoms with van der Waals surface area (Å²) in [5.74, 6) is 0. The van der Waals surface area contributed by atoms with E-state index in [-0.39, 0.29) is 0 Å². The van der Waals surface area contributed by atoms with E-state index in [0.717, 1.165) is 25.2 Å². The summed E-state index contributed by atoms with van der Waals surface area (Å²) in [6.45, 7) is 5.77. The van der Waals surface area contributed by atoms with E-state index in [0.29, 0.717) is 6.10 Å². The molecule has 2 aliphatic rings. The zero-order chi connectivity index (χ0) is 12.1. The topological polar surface area (TPSA) is 24.5 Å². The van der Waals surface area contributed by atoms with Crippen molar-refractivity contribution in [3.05, 3.63) is 0 Å². The quantitative estimate of drug-likeness (QED) is 0.813. The van der Waals surface area contributed by atoms with Crippen LogP contribution in [-0.2, 0) is 4.74 Å². The van der Waals surface area contributed by atoms with Crippen molar-refractivity contribution in [3.8, 4) is 0 Å². The third kappa shape index (κ3) is 3.67. The highest BCUT2D eigenvalue weighted by Gasteiger charge is 2.29. The number of ether oxygens (including phenoxy) is 1. The van der Waals surface area contributed by atoms with Gasteiger partial charge in [0, 0.05) is 25.7 Å². The van der Waals surface area contributed by atoms with Gasteiger partial charge in [0.1, 0.15) is 0 Å². The molecule has 100 valence electrons. The van der Waals surface area contributed by atoms with Crippen molar-refractivity contribution in [1.29, 1.82) is 0 Å². The molecule has 17 heavy (non-hydrogen) atoms. The first-order valence-electron chi connectivity index (χ1n) is 7.33. The summed E-state index contributed by atoms with van der Waals surface area (Å²) < 4.78 is 5.52. The van der Waals surface area contributed by atoms with E-state index >= 15 is 0 Å². The van der Waals surface area contributed by atoms with Crippen LogP contribution in [0.2, 0.25) is 0 Å². The maximum absolute atomic E-state index is 5.52. The van der Waals surface area contributed by atoms with Gasteiger partial charge in [-0.05, 0) is 51.6 Å². The van der Waals surface area contributed by atoms with Crippen LogP contribution >= 0.6 is 0 Å². The van der Waals surface area contributed by atoms with Crippen LogP contribution in [0.1, 0.15) is 45.4 Å². The van der Waals surface area contributed by atoms with E-state index in [2.05, 4.69) is 17.1 Å². The van der Waals surface area contributed by atoms with Crippen molar-refractivity contribution in [2.24, 2.45) is 0 Å². The molecule has 0 radical (unpaired) electrons. The molecule has 1 saturated carbocycles. The van der Waals surface area contributed by atoms with Crippen LogP contribution < -0.4 is 5.32 Å². The molecule has 0 aromatic heterocycles. The van der Waals surface area contributed by atoms with Crippen LogP contribution in [-0.4, -0.2) is 49.8 Å². The Morgan fingerprint density at radius 2 is 1.94 bits per heavy atom. The van der Waals surface area contributed by atoms with Gasteiger partial charge in [-0.3, -0.25) is 4.90 Å².